The quantitative estimate of drug-likeness (QED) is 0.908. The van der Waals surface area contributed by atoms with Gasteiger partial charge in [0, 0.05) is 12.6 Å². The van der Waals surface area contributed by atoms with Crippen LogP contribution in [0.25, 0.3) is 0 Å². The van der Waals surface area contributed by atoms with E-state index in [9.17, 15) is 4.79 Å². The molecule has 1 N–H and O–H groups in total. The lowest BCUT2D eigenvalue weighted by molar-refractivity contribution is -0.123. The number of ether oxygens (including phenoxy) is 1. The molecular formula is C19H28N2O2. The molecule has 1 saturated heterocycles. The van der Waals surface area contributed by atoms with E-state index in [1.165, 1.54) is 24.8 Å². The van der Waals surface area contributed by atoms with E-state index in [0.29, 0.717) is 19.1 Å². The second-order valence-electron chi connectivity index (χ2n) is 6.70. The Labute approximate surface area is 139 Å². The van der Waals surface area contributed by atoms with Crippen molar-refractivity contribution in [2.24, 2.45) is 0 Å². The minimum Gasteiger partial charge on any atom is -0.493 e. The summed E-state index contributed by atoms with van der Waals surface area (Å²) in [5, 5.41) is 3.08. The number of fused-ring (bicyclic) bond motifs is 1. The molecule has 2 aliphatic heterocycles. The maximum atomic E-state index is 12.3. The molecule has 1 amide bonds. The number of nitrogens with one attached hydrogen (secondary N) is 1. The van der Waals surface area contributed by atoms with E-state index in [4.69, 9.17) is 4.74 Å². The van der Waals surface area contributed by atoms with Crippen molar-refractivity contribution in [1.29, 1.82) is 0 Å². The van der Waals surface area contributed by atoms with Crippen molar-refractivity contribution in [2.75, 3.05) is 19.7 Å². The van der Waals surface area contributed by atoms with E-state index in [2.05, 4.69) is 29.3 Å². The normalized spacial score (nSPS) is 21.3. The first-order valence-corrected chi connectivity index (χ1v) is 9.01. The fourth-order valence-corrected chi connectivity index (χ4v) is 3.70. The first kappa shape index (κ1) is 16.3. The van der Waals surface area contributed by atoms with Crippen molar-refractivity contribution in [2.45, 2.75) is 58.0 Å². The predicted octanol–water partition coefficient (Wildman–Crippen LogP) is 2.89. The van der Waals surface area contributed by atoms with E-state index < -0.39 is 0 Å². The number of carbonyl (C=O) groups excluding carboxylic acids is 1. The first-order valence-electron chi connectivity index (χ1n) is 9.01. The molecule has 0 bridgehead atoms. The number of hydrogen-bond acceptors (Lipinski definition) is 3. The van der Waals surface area contributed by atoms with Gasteiger partial charge in [-0.3, -0.25) is 9.69 Å². The van der Waals surface area contributed by atoms with Gasteiger partial charge in [-0.05, 0) is 55.8 Å². The third-order valence-corrected chi connectivity index (χ3v) is 5.03. The van der Waals surface area contributed by atoms with Crippen molar-refractivity contribution in [3.8, 4) is 5.75 Å². The first-order chi connectivity index (χ1) is 11.3. The molecule has 1 fully saturated rings. The number of piperidine rings is 1. The molecule has 0 radical (unpaired) electrons. The third-order valence-electron chi connectivity index (χ3n) is 5.03. The number of carbonyl (C=O) groups is 1. The van der Waals surface area contributed by atoms with E-state index in [1.54, 1.807) is 0 Å². The van der Waals surface area contributed by atoms with E-state index in [1.807, 2.05) is 6.07 Å². The SMILES string of the molecule is CCC1CCCCN1CC(=O)NCc1ccc2c(c1)CCCO2. The van der Waals surface area contributed by atoms with Crippen LogP contribution in [0.5, 0.6) is 5.75 Å². The topological polar surface area (TPSA) is 41.6 Å². The number of rotatable bonds is 5. The highest BCUT2D eigenvalue weighted by atomic mass is 16.5. The van der Waals surface area contributed by atoms with Gasteiger partial charge in [-0.15, -0.1) is 0 Å². The Hall–Kier alpha value is -1.55. The third kappa shape index (κ3) is 4.25. The number of nitrogens with zero attached hydrogens (tertiary/aromatic N) is 1. The largest absolute Gasteiger partial charge is 0.493 e. The molecule has 1 aromatic rings. The number of amides is 1. The molecular weight excluding hydrogens is 288 g/mol. The van der Waals surface area contributed by atoms with Crippen LogP contribution in [0.4, 0.5) is 0 Å². The van der Waals surface area contributed by atoms with Crippen molar-refractivity contribution in [3.05, 3.63) is 29.3 Å². The van der Waals surface area contributed by atoms with Crippen LogP contribution >= 0.6 is 0 Å². The van der Waals surface area contributed by atoms with Gasteiger partial charge in [0.2, 0.25) is 5.91 Å². The van der Waals surface area contributed by atoms with Crippen molar-refractivity contribution in [1.82, 2.24) is 10.2 Å². The number of likely N-dealkylation sites (tertiary alicyclic amines) is 1. The highest BCUT2D eigenvalue weighted by molar-refractivity contribution is 5.78. The summed E-state index contributed by atoms with van der Waals surface area (Å²) in [6, 6.07) is 6.84. The molecule has 126 valence electrons. The molecule has 1 atom stereocenters. The van der Waals surface area contributed by atoms with Crippen LogP contribution in [-0.4, -0.2) is 36.5 Å². The second-order valence-corrected chi connectivity index (χ2v) is 6.70. The summed E-state index contributed by atoms with van der Waals surface area (Å²) >= 11 is 0. The average Bonchev–Trinajstić information content (AvgIpc) is 2.60. The van der Waals surface area contributed by atoms with Crippen molar-refractivity contribution < 1.29 is 9.53 Å². The second kappa shape index (κ2) is 7.82. The van der Waals surface area contributed by atoms with Gasteiger partial charge in [-0.25, -0.2) is 0 Å². The molecule has 2 aliphatic rings. The molecule has 1 unspecified atom stereocenters. The Balaban J connectivity index is 1.50. The van der Waals surface area contributed by atoms with Crippen LogP contribution in [-0.2, 0) is 17.8 Å². The molecule has 1 aromatic carbocycles. The zero-order valence-corrected chi connectivity index (χ0v) is 14.1. The molecule has 23 heavy (non-hydrogen) atoms. The van der Waals surface area contributed by atoms with Gasteiger partial charge in [0.05, 0.1) is 13.2 Å². The molecule has 0 aliphatic carbocycles. The Bertz CT molecular complexity index is 544. The molecule has 4 nitrogen and oxygen atoms in total. The van der Waals surface area contributed by atoms with Crippen LogP contribution < -0.4 is 10.1 Å². The van der Waals surface area contributed by atoms with Gasteiger partial charge in [-0.1, -0.05) is 25.5 Å². The molecule has 3 rings (SSSR count). The van der Waals surface area contributed by atoms with E-state index in [-0.39, 0.29) is 5.91 Å². The smallest absolute Gasteiger partial charge is 0.234 e. The molecule has 4 heteroatoms. The summed E-state index contributed by atoms with van der Waals surface area (Å²) in [6.07, 6.45) is 7.04. The Morgan fingerprint density at radius 3 is 3.13 bits per heavy atom. The fourth-order valence-electron chi connectivity index (χ4n) is 3.70. The van der Waals surface area contributed by atoms with Crippen LogP contribution in [0.3, 0.4) is 0 Å². The number of aryl methyl sites for hydroxylation is 1. The van der Waals surface area contributed by atoms with Crippen LogP contribution in [0, 0.1) is 0 Å². The summed E-state index contributed by atoms with van der Waals surface area (Å²) in [5.41, 5.74) is 2.43. The van der Waals surface area contributed by atoms with Crippen LogP contribution in [0.2, 0.25) is 0 Å². The molecule has 2 heterocycles. The Morgan fingerprint density at radius 1 is 1.35 bits per heavy atom. The lowest BCUT2D eigenvalue weighted by Crippen LogP contribution is -2.45. The standard InChI is InChI=1S/C19H28N2O2/c1-2-17-7-3-4-10-21(17)14-19(22)20-13-15-8-9-18-16(12-15)6-5-11-23-18/h8-9,12,17H,2-7,10-11,13-14H2,1H3,(H,20,22). The summed E-state index contributed by atoms with van der Waals surface area (Å²) in [7, 11) is 0. The summed E-state index contributed by atoms with van der Waals surface area (Å²) in [6.45, 7) is 5.24. The predicted molar refractivity (Wildman–Crippen MR) is 91.6 cm³/mol. The monoisotopic (exact) mass is 316 g/mol. The number of benzene rings is 1. The summed E-state index contributed by atoms with van der Waals surface area (Å²) < 4.78 is 5.63. The average molecular weight is 316 g/mol. The highest BCUT2D eigenvalue weighted by Crippen LogP contribution is 2.25. The Morgan fingerprint density at radius 2 is 2.26 bits per heavy atom. The van der Waals surface area contributed by atoms with Gasteiger partial charge in [0.25, 0.3) is 0 Å². The van der Waals surface area contributed by atoms with E-state index >= 15 is 0 Å². The molecule has 0 aromatic heterocycles. The zero-order valence-electron chi connectivity index (χ0n) is 14.1. The van der Waals surface area contributed by atoms with Gasteiger partial charge in [0.1, 0.15) is 5.75 Å². The zero-order chi connectivity index (χ0) is 16.1. The Kier molecular flexibility index (Phi) is 5.55. The van der Waals surface area contributed by atoms with Crippen LogP contribution in [0.1, 0.15) is 50.2 Å². The summed E-state index contributed by atoms with van der Waals surface area (Å²) in [4.78, 5) is 14.6. The van der Waals surface area contributed by atoms with Crippen molar-refractivity contribution >= 4 is 5.91 Å². The van der Waals surface area contributed by atoms with Gasteiger partial charge >= 0.3 is 0 Å². The highest BCUT2D eigenvalue weighted by Gasteiger charge is 2.22. The minimum atomic E-state index is 0.138. The van der Waals surface area contributed by atoms with Crippen molar-refractivity contribution in [3.63, 3.8) is 0 Å². The van der Waals surface area contributed by atoms with Gasteiger partial charge in [-0.2, -0.15) is 0 Å². The fraction of sp³-hybridized carbons (Fsp3) is 0.632. The lowest BCUT2D eigenvalue weighted by atomic mass is 10.00. The summed E-state index contributed by atoms with van der Waals surface area (Å²) in [5.74, 6) is 1.14. The lowest BCUT2D eigenvalue weighted by Gasteiger charge is -2.34. The van der Waals surface area contributed by atoms with Crippen LogP contribution in [0.15, 0.2) is 18.2 Å². The molecule has 0 spiro atoms. The van der Waals surface area contributed by atoms with Gasteiger partial charge < -0.3 is 10.1 Å². The maximum Gasteiger partial charge on any atom is 0.234 e. The van der Waals surface area contributed by atoms with Gasteiger partial charge in [0.15, 0.2) is 0 Å². The molecule has 0 saturated carbocycles. The van der Waals surface area contributed by atoms with E-state index in [0.717, 1.165) is 43.7 Å². The number of hydrogen-bond donors (Lipinski definition) is 1. The maximum absolute atomic E-state index is 12.3. The minimum absolute atomic E-state index is 0.138.